The van der Waals surface area contributed by atoms with Crippen molar-refractivity contribution in [3.8, 4) is 0 Å². The lowest BCUT2D eigenvalue weighted by atomic mass is 9.64. The van der Waals surface area contributed by atoms with Crippen molar-refractivity contribution in [1.29, 1.82) is 0 Å². The average molecular weight is 268 g/mol. The molecule has 2 aliphatic rings. The molecule has 0 aromatic carbocycles. The van der Waals surface area contributed by atoms with E-state index in [0.29, 0.717) is 19.4 Å². The molecule has 1 aliphatic carbocycles. The molecule has 2 rings (SSSR count). The molecule has 5 heteroatoms. The molecule has 2 amide bonds. The molecule has 0 aromatic rings. The summed E-state index contributed by atoms with van der Waals surface area (Å²) in [6.45, 7) is 4.73. The van der Waals surface area contributed by atoms with Gasteiger partial charge in [0.1, 0.15) is 0 Å². The number of aliphatic hydroxyl groups is 1. The Hall–Kier alpha value is -1.10. The van der Waals surface area contributed by atoms with Crippen molar-refractivity contribution < 1.29 is 14.7 Å². The largest absolute Gasteiger partial charge is 0.392 e. The highest BCUT2D eigenvalue weighted by molar-refractivity contribution is 5.85. The van der Waals surface area contributed by atoms with Crippen LogP contribution in [0.1, 0.15) is 46.0 Å². The molecule has 5 nitrogen and oxygen atoms in total. The molecule has 0 spiro atoms. The van der Waals surface area contributed by atoms with Crippen LogP contribution in [0.25, 0.3) is 0 Å². The smallest absolute Gasteiger partial charge is 0.239 e. The van der Waals surface area contributed by atoms with E-state index in [4.69, 9.17) is 0 Å². The van der Waals surface area contributed by atoms with Crippen LogP contribution < -0.4 is 5.32 Å². The number of aliphatic hydroxyl groups excluding tert-OH is 1. The van der Waals surface area contributed by atoms with Crippen molar-refractivity contribution in [3.63, 3.8) is 0 Å². The van der Waals surface area contributed by atoms with Gasteiger partial charge >= 0.3 is 0 Å². The maximum atomic E-state index is 12.0. The minimum Gasteiger partial charge on any atom is -0.392 e. The molecule has 108 valence electrons. The maximum absolute atomic E-state index is 12.0. The Morgan fingerprint density at radius 2 is 2.16 bits per heavy atom. The lowest BCUT2D eigenvalue weighted by Gasteiger charge is -2.49. The predicted molar refractivity (Wildman–Crippen MR) is 71.4 cm³/mol. The van der Waals surface area contributed by atoms with Crippen molar-refractivity contribution in [1.82, 2.24) is 10.2 Å². The van der Waals surface area contributed by atoms with E-state index in [1.807, 2.05) is 13.8 Å². The highest BCUT2D eigenvalue weighted by atomic mass is 16.3. The van der Waals surface area contributed by atoms with Gasteiger partial charge in [-0.05, 0) is 19.3 Å². The number of likely N-dealkylation sites (tertiary alicyclic amines) is 1. The van der Waals surface area contributed by atoms with Crippen LogP contribution in [-0.2, 0) is 9.59 Å². The second-order valence-corrected chi connectivity index (χ2v) is 6.32. The fourth-order valence-corrected chi connectivity index (χ4v) is 2.77. The van der Waals surface area contributed by atoms with Crippen molar-refractivity contribution in [2.75, 3.05) is 13.1 Å². The van der Waals surface area contributed by atoms with Gasteiger partial charge in [-0.2, -0.15) is 0 Å². The Balaban J connectivity index is 1.82. The first-order valence-electron chi connectivity index (χ1n) is 7.16. The molecule has 0 bridgehead atoms. The van der Waals surface area contributed by atoms with Gasteiger partial charge in [-0.15, -0.1) is 0 Å². The molecule has 2 fully saturated rings. The fraction of sp³-hybridized carbons (Fsp3) is 0.857. The number of hydrogen-bond acceptors (Lipinski definition) is 3. The van der Waals surface area contributed by atoms with Gasteiger partial charge in [0.05, 0.1) is 12.6 Å². The minimum atomic E-state index is -0.349. The summed E-state index contributed by atoms with van der Waals surface area (Å²) in [4.78, 5) is 25.4. The summed E-state index contributed by atoms with van der Waals surface area (Å²) in [5.41, 5.74) is -0.265. The van der Waals surface area contributed by atoms with E-state index in [1.54, 1.807) is 4.90 Å². The molecule has 0 radical (unpaired) electrons. The molecule has 0 aromatic heterocycles. The van der Waals surface area contributed by atoms with Gasteiger partial charge in [0.2, 0.25) is 11.8 Å². The quantitative estimate of drug-likeness (QED) is 0.790. The monoisotopic (exact) mass is 268 g/mol. The van der Waals surface area contributed by atoms with E-state index in [1.165, 1.54) is 0 Å². The fourth-order valence-electron chi connectivity index (χ4n) is 2.77. The standard InChI is InChI=1S/C14H24N2O3/c1-14(2)10(8-11(14)17)15-12(18)9-16-7-5-3-4-6-13(16)19/h10-11,17H,3-9H2,1-2H3,(H,15,18). The van der Waals surface area contributed by atoms with Crippen LogP contribution in [0.15, 0.2) is 0 Å². The van der Waals surface area contributed by atoms with Gasteiger partial charge < -0.3 is 15.3 Å². The van der Waals surface area contributed by atoms with Crippen molar-refractivity contribution in [2.24, 2.45) is 5.41 Å². The van der Waals surface area contributed by atoms with E-state index >= 15 is 0 Å². The lowest BCUT2D eigenvalue weighted by Crippen LogP contribution is -2.62. The number of carbonyl (C=O) groups is 2. The second-order valence-electron chi connectivity index (χ2n) is 6.32. The van der Waals surface area contributed by atoms with Gasteiger partial charge in [0.25, 0.3) is 0 Å². The van der Waals surface area contributed by atoms with Crippen molar-refractivity contribution in [2.45, 2.75) is 58.1 Å². The van der Waals surface area contributed by atoms with Gasteiger partial charge in [-0.1, -0.05) is 20.3 Å². The summed E-state index contributed by atoms with van der Waals surface area (Å²) >= 11 is 0. The van der Waals surface area contributed by atoms with Gasteiger partial charge in [-0.3, -0.25) is 9.59 Å². The SMILES string of the molecule is CC1(C)C(O)CC1NC(=O)CN1CCCCCC1=O. The zero-order chi connectivity index (χ0) is 14.0. The second kappa shape index (κ2) is 5.49. The molecule has 2 atom stereocenters. The van der Waals surface area contributed by atoms with Crippen LogP contribution in [0.3, 0.4) is 0 Å². The first-order chi connectivity index (χ1) is 8.91. The third kappa shape index (κ3) is 3.08. The molecule has 2 N–H and O–H groups in total. The summed E-state index contributed by atoms with van der Waals surface area (Å²) in [7, 11) is 0. The van der Waals surface area contributed by atoms with E-state index in [-0.39, 0.29) is 35.9 Å². The Labute approximate surface area is 114 Å². The summed E-state index contributed by atoms with van der Waals surface area (Å²) in [6, 6.07) is 0.0112. The van der Waals surface area contributed by atoms with Gasteiger partial charge in [-0.25, -0.2) is 0 Å². The molecular formula is C14H24N2O3. The zero-order valence-electron chi connectivity index (χ0n) is 11.8. The first kappa shape index (κ1) is 14.3. The Bertz CT molecular complexity index is 368. The summed E-state index contributed by atoms with van der Waals surface area (Å²) in [5, 5.41) is 12.6. The maximum Gasteiger partial charge on any atom is 0.239 e. The number of amides is 2. The number of rotatable bonds is 3. The molecule has 1 saturated carbocycles. The molecule has 2 unspecified atom stereocenters. The summed E-state index contributed by atoms with van der Waals surface area (Å²) < 4.78 is 0. The number of hydrogen-bond donors (Lipinski definition) is 2. The topological polar surface area (TPSA) is 69.6 Å². The normalized spacial score (nSPS) is 30.5. The van der Waals surface area contributed by atoms with Crippen LogP contribution in [-0.4, -0.2) is 47.1 Å². The molecule has 1 saturated heterocycles. The highest BCUT2D eigenvalue weighted by Crippen LogP contribution is 2.40. The third-order valence-corrected chi connectivity index (χ3v) is 4.56. The average Bonchev–Trinajstić information content (AvgIpc) is 2.55. The number of nitrogens with one attached hydrogen (secondary N) is 1. The van der Waals surface area contributed by atoms with Gasteiger partial charge in [0, 0.05) is 24.4 Å². The Kier molecular flexibility index (Phi) is 4.13. The van der Waals surface area contributed by atoms with E-state index in [2.05, 4.69) is 5.32 Å². The summed E-state index contributed by atoms with van der Waals surface area (Å²) in [5.74, 6) is -0.0271. The third-order valence-electron chi connectivity index (χ3n) is 4.56. The van der Waals surface area contributed by atoms with E-state index < -0.39 is 0 Å². The Morgan fingerprint density at radius 3 is 2.79 bits per heavy atom. The number of carbonyl (C=O) groups excluding carboxylic acids is 2. The Morgan fingerprint density at radius 1 is 1.42 bits per heavy atom. The first-order valence-corrected chi connectivity index (χ1v) is 7.16. The zero-order valence-corrected chi connectivity index (χ0v) is 11.8. The molecule has 19 heavy (non-hydrogen) atoms. The van der Waals surface area contributed by atoms with Gasteiger partial charge in [0.15, 0.2) is 0 Å². The van der Waals surface area contributed by atoms with Crippen LogP contribution in [0.4, 0.5) is 0 Å². The van der Waals surface area contributed by atoms with Crippen LogP contribution >= 0.6 is 0 Å². The molecular weight excluding hydrogens is 244 g/mol. The molecule has 1 heterocycles. The van der Waals surface area contributed by atoms with Crippen molar-refractivity contribution >= 4 is 11.8 Å². The lowest BCUT2D eigenvalue weighted by molar-refractivity contribution is -0.138. The number of nitrogens with zero attached hydrogens (tertiary/aromatic N) is 1. The highest BCUT2D eigenvalue weighted by Gasteiger charge is 2.47. The molecule has 1 aliphatic heterocycles. The minimum absolute atomic E-state index is 0.0112. The van der Waals surface area contributed by atoms with Crippen molar-refractivity contribution in [3.05, 3.63) is 0 Å². The van der Waals surface area contributed by atoms with Crippen LogP contribution in [0, 0.1) is 5.41 Å². The van der Waals surface area contributed by atoms with Crippen LogP contribution in [0.2, 0.25) is 0 Å². The summed E-state index contributed by atoms with van der Waals surface area (Å²) in [6.07, 6.45) is 3.78. The van der Waals surface area contributed by atoms with E-state index in [9.17, 15) is 14.7 Å². The van der Waals surface area contributed by atoms with Crippen LogP contribution in [0.5, 0.6) is 0 Å². The predicted octanol–water partition coefficient (Wildman–Crippen LogP) is 0.665. The van der Waals surface area contributed by atoms with E-state index in [0.717, 1.165) is 19.3 Å².